The SMILES string of the molecule is NC1(C(=O)OC(c2ccccc2)c2ccccc2)[C@@H]2CC3C[C@H]1CC(F)(C3)C2. The average Bonchev–Trinajstić information content (AvgIpc) is 2.70. The number of alkyl halides is 1. The smallest absolute Gasteiger partial charge is 0.327 e. The van der Waals surface area contributed by atoms with Crippen LogP contribution in [0.4, 0.5) is 4.39 Å². The minimum atomic E-state index is -1.13. The second-order valence-corrected chi connectivity index (χ2v) is 9.03. The molecule has 4 heteroatoms. The van der Waals surface area contributed by atoms with Gasteiger partial charge < -0.3 is 10.5 Å². The van der Waals surface area contributed by atoms with Crippen LogP contribution in [0, 0.1) is 17.8 Å². The number of ether oxygens (including phenoxy) is 1. The Balaban J connectivity index is 1.46. The predicted molar refractivity (Wildman–Crippen MR) is 105 cm³/mol. The molecule has 3 nitrogen and oxygen atoms in total. The van der Waals surface area contributed by atoms with Gasteiger partial charge in [-0.1, -0.05) is 60.7 Å². The molecule has 4 aliphatic rings. The fourth-order valence-electron chi connectivity index (χ4n) is 6.07. The zero-order valence-corrected chi connectivity index (χ0v) is 15.9. The lowest BCUT2D eigenvalue weighted by Gasteiger charge is -2.60. The molecule has 146 valence electrons. The zero-order valence-electron chi connectivity index (χ0n) is 15.9. The highest BCUT2D eigenvalue weighted by molar-refractivity contribution is 5.82. The van der Waals surface area contributed by atoms with Crippen molar-refractivity contribution in [2.75, 3.05) is 0 Å². The molecule has 6 rings (SSSR count). The van der Waals surface area contributed by atoms with Crippen LogP contribution < -0.4 is 5.73 Å². The van der Waals surface area contributed by atoms with E-state index in [1.807, 2.05) is 60.7 Å². The van der Waals surface area contributed by atoms with Crippen molar-refractivity contribution in [3.05, 3.63) is 71.8 Å². The van der Waals surface area contributed by atoms with Crippen molar-refractivity contribution in [1.82, 2.24) is 0 Å². The molecule has 3 unspecified atom stereocenters. The van der Waals surface area contributed by atoms with E-state index >= 15 is 4.39 Å². The molecule has 0 saturated heterocycles. The number of hydrogen-bond donors (Lipinski definition) is 1. The molecule has 0 heterocycles. The molecule has 0 aromatic heterocycles. The van der Waals surface area contributed by atoms with Gasteiger partial charge in [0, 0.05) is 0 Å². The van der Waals surface area contributed by atoms with Crippen molar-refractivity contribution in [2.24, 2.45) is 23.5 Å². The summed E-state index contributed by atoms with van der Waals surface area (Å²) < 4.78 is 21.2. The third kappa shape index (κ3) is 2.77. The van der Waals surface area contributed by atoms with E-state index in [-0.39, 0.29) is 17.8 Å². The maximum absolute atomic E-state index is 15.1. The molecule has 0 aliphatic heterocycles. The van der Waals surface area contributed by atoms with Gasteiger partial charge in [-0.3, -0.25) is 4.79 Å². The molecule has 4 saturated carbocycles. The van der Waals surface area contributed by atoms with E-state index < -0.39 is 17.3 Å². The van der Waals surface area contributed by atoms with Gasteiger partial charge in [-0.25, -0.2) is 4.39 Å². The lowest BCUT2D eigenvalue weighted by molar-refractivity contribution is -0.179. The third-order valence-electron chi connectivity index (χ3n) is 7.25. The van der Waals surface area contributed by atoms with E-state index in [2.05, 4.69) is 0 Å². The van der Waals surface area contributed by atoms with Gasteiger partial charge in [0.05, 0.1) is 0 Å². The summed E-state index contributed by atoms with van der Waals surface area (Å²) in [7, 11) is 0. The van der Waals surface area contributed by atoms with Crippen LogP contribution in [0.1, 0.15) is 49.3 Å². The summed E-state index contributed by atoms with van der Waals surface area (Å²) in [4.78, 5) is 13.4. The normalized spacial score (nSPS) is 35.9. The van der Waals surface area contributed by atoms with E-state index in [4.69, 9.17) is 10.5 Å². The van der Waals surface area contributed by atoms with E-state index in [1.165, 1.54) is 0 Å². The maximum Gasteiger partial charge on any atom is 0.327 e. The molecule has 2 aromatic rings. The maximum atomic E-state index is 15.1. The Morgan fingerprint density at radius 2 is 1.43 bits per heavy atom. The molecule has 2 N–H and O–H groups in total. The Bertz CT molecular complexity index is 813. The van der Waals surface area contributed by atoms with Crippen molar-refractivity contribution in [1.29, 1.82) is 0 Å². The summed E-state index contributed by atoms with van der Waals surface area (Å²) in [6.45, 7) is 0. The predicted octanol–water partition coefficient (Wildman–Crippen LogP) is 4.56. The monoisotopic (exact) mass is 379 g/mol. The zero-order chi connectivity index (χ0) is 19.4. The first-order valence-electron chi connectivity index (χ1n) is 10.3. The van der Waals surface area contributed by atoms with Gasteiger partial charge in [0.25, 0.3) is 0 Å². The summed E-state index contributed by atoms with van der Waals surface area (Å²) in [5, 5.41) is 0. The number of esters is 1. The Morgan fingerprint density at radius 3 is 1.89 bits per heavy atom. The number of carbonyl (C=O) groups is 1. The Morgan fingerprint density at radius 1 is 0.929 bits per heavy atom. The fraction of sp³-hybridized carbons (Fsp3) is 0.458. The minimum Gasteiger partial charge on any atom is -0.451 e. The summed E-state index contributed by atoms with van der Waals surface area (Å²) >= 11 is 0. The first kappa shape index (κ1) is 17.9. The number of nitrogens with two attached hydrogens (primary N) is 1. The largest absolute Gasteiger partial charge is 0.451 e. The van der Waals surface area contributed by atoms with E-state index in [0.717, 1.165) is 24.0 Å². The minimum absolute atomic E-state index is 0.122. The molecule has 28 heavy (non-hydrogen) atoms. The van der Waals surface area contributed by atoms with Crippen molar-refractivity contribution in [2.45, 2.75) is 49.4 Å². The van der Waals surface area contributed by atoms with Gasteiger partial charge in [-0.15, -0.1) is 0 Å². The van der Waals surface area contributed by atoms with Gasteiger partial charge in [0.1, 0.15) is 11.2 Å². The summed E-state index contributed by atoms with van der Waals surface area (Å²) in [5.41, 5.74) is 6.38. The second kappa shape index (κ2) is 6.41. The Hall–Kier alpha value is -2.20. The number of benzene rings is 2. The first-order chi connectivity index (χ1) is 13.5. The van der Waals surface area contributed by atoms with Crippen molar-refractivity contribution < 1.29 is 13.9 Å². The Labute approximate surface area is 165 Å². The van der Waals surface area contributed by atoms with Gasteiger partial charge in [-0.2, -0.15) is 0 Å². The highest BCUT2D eigenvalue weighted by Gasteiger charge is 2.65. The molecule has 4 bridgehead atoms. The van der Waals surface area contributed by atoms with Gasteiger partial charge >= 0.3 is 5.97 Å². The van der Waals surface area contributed by atoms with Crippen molar-refractivity contribution in [3.8, 4) is 0 Å². The topological polar surface area (TPSA) is 52.3 Å². The van der Waals surface area contributed by atoms with Gasteiger partial charge in [-0.05, 0) is 61.0 Å². The van der Waals surface area contributed by atoms with Gasteiger partial charge in [0.2, 0.25) is 0 Å². The molecule has 0 radical (unpaired) electrons. The molecule has 0 amide bonds. The van der Waals surface area contributed by atoms with Crippen LogP contribution in [0.15, 0.2) is 60.7 Å². The molecule has 5 atom stereocenters. The van der Waals surface area contributed by atoms with E-state index in [0.29, 0.717) is 25.2 Å². The van der Waals surface area contributed by atoms with E-state index in [9.17, 15) is 4.79 Å². The number of halogens is 1. The van der Waals surface area contributed by atoms with Crippen LogP contribution in [0.5, 0.6) is 0 Å². The quantitative estimate of drug-likeness (QED) is 0.792. The average molecular weight is 379 g/mol. The van der Waals surface area contributed by atoms with Crippen molar-refractivity contribution >= 4 is 5.97 Å². The summed E-state index contributed by atoms with van der Waals surface area (Å²) in [6.07, 6.45) is 2.61. The van der Waals surface area contributed by atoms with Gasteiger partial charge in [0.15, 0.2) is 6.10 Å². The second-order valence-electron chi connectivity index (χ2n) is 9.03. The highest BCUT2D eigenvalue weighted by atomic mass is 19.1. The highest BCUT2D eigenvalue weighted by Crippen LogP contribution is 2.61. The van der Waals surface area contributed by atoms with E-state index in [1.54, 1.807) is 0 Å². The molecule has 4 aliphatic carbocycles. The summed E-state index contributed by atoms with van der Waals surface area (Å²) in [5.74, 6) is -0.250. The lowest BCUT2D eigenvalue weighted by atomic mass is 9.48. The number of hydrogen-bond acceptors (Lipinski definition) is 3. The number of rotatable bonds is 4. The standard InChI is InChI=1S/C24H26FNO2/c25-23-13-16-11-19(14-23)24(26,20(12-16)15-23)22(27)28-21(17-7-3-1-4-8-17)18-9-5-2-6-10-18/h1-10,16,19-21H,11-15,26H2/t16?,19-,20+,23?,24?. The Kier molecular flexibility index (Phi) is 4.09. The van der Waals surface area contributed by atoms with Crippen LogP contribution in [0.2, 0.25) is 0 Å². The molecular formula is C24H26FNO2. The molecule has 4 fully saturated rings. The molecule has 2 aromatic carbocycles. The fourth-order valence-corrected chi connectivity index (χ4v) is 6.07. The first-order valence-corrected chi connectivity index (χ1v) is 10.3. The van der Waals surface area contributed by atoms with Crippen LogP contribution in [0.3, 0.4) is 0 Å². The molecular weight excluding hydrogens is 353 g/mol. The van der Waals surface area contributed by atoms with Crippen LogP contribution >= 0.6 is 0 Å². The lowest BCUT2D eigenvalue weighted by Crippen LogP contribution is -2.70. The van der Waals surface area contributed by atoms with Crippen molar-refractivity contribution in [3.63, 3.8) is 0 Å². The van der Waals surface area contributed by atoms with Crippen LogP contribution in [-0.2, 0) is 9.53 Å². The number of carbonyl (C=O) groups excluding carboxylic acids is 1. The molecule has 0 spiro atoms. The van der Waals surface area contributed by atoms with Crippen LogP contribution in [-0.4, -0.2) is 17.2 Å². The summed E-state index contributed by atoms with van der Waals surface area (Å²) in [6, 6.07) is 19.5. The third-order valence-corrected chi connectivity index (χ3v) is 7.25. The van der Waals surface area contributed by atoms with Crippen LogP contribution in [0.25, 0.3) is 0 Å².